The molecule has 2 aromatic rings. The quantitative estimate of drug-likeness (QED) is 0.507. The van der Waals surface area contributed by atoms with Crippen molar-refractivity contribution in [1.82, 2.24) is 0 Å². The van der Waals surface area contributed by atoms with Gasteiger partial charge in [0, 0.05) is 34.9 Å². The van der Waals surface area contributed by atoms with Crippen molar-refractivity contribution >= 4 is 5.69 Å². The van der Waals surface area contributed by atoms with Crippen LogP contribution in [0.4, 0.5) is 5.69 Å². The molecule has 1 radical (unpaired) electrons. The second kappa shape index (κ2) is 9.87. The first-order valence-electron chi connectivity index (χ1n) is 7.68. The third kappa shape index (κ3) is 6.25. The van der Waals surface area contributed by atoms with Crippen LogP contribution in [0, 0.1) is 21.0 Å². The fourth-order valence-electron chi connectivity index (χ4n) is 2.17. The van der Waals surface area contributed by atoms with E-state index in [1.54, 1.807) is 0 Å². The normalized spacial score (nSPS) is 9.72. The third-order valence-corrected chi connectivity index (χ3v) is 3.68. The zero-order chi connectivity index (χ0) is 17.5. The predicted molar refractivity (Wildman–Crippen MR) is 97.7 cm³/mol. The summed E-state index contributed by atoms with van der Waals surface area (Å²) in [6.45, 7) is 4.82. The molecule has 2 rings (SSSR count). The van der Waals surface area contributed by atoms with Gasteiger partial charge in [-0.2, -0.15) is 7.11 Å². The summed E-state index contributed by atoms with van der Waals surface area (Å²) in [7, 11) is 3.42. The van der Waals surface area contributed by atoms with E-state index in [4.69, 9.17) is 20.9 Å². The van der Waals surface area contributed by atoms with E-state index in [1.807, 2.05) is 56.3 Å². The van der Waals surface area contributed by atoms with E-state index >= 15 is 0 Å². The molecule has 0 aliphatic rings. The number of benzene rings is 2. The molecule has 0 saturated carbocycles. The Bertz CT molecular complexity index is 711. The van der Waals surface area contributed by atoms with Crippen molar-refractivity contribution in [2.24, 2.45) is 11.5 Å². The molecule has 0 aromatic heterocycles. The average Bonchev–Trinajstić information content (AvgIpc) is 2.56. The van der Waals surface area contributed by atoms with Gasteiger partial charge in [0.1, 0.15) is 12.4 Å². The van der Waals surface area contributed by atoms with Crippen LogP contribution < -0.4 is 26.3 Å². The van der Waals surface area contributed by atoms with E-state index in [1.165, 1.54) is 5.56 Å². The zero-order valence-electron chi connectivity index (χ0n) is 14.5. The van der Waals surface area contributed by atoms with E-state index in [9.17, 15) is 0 Å². The van der Waals surface area contributed by atoms with Crippen molar-refractivity contribution in [3.8, 4) is 11.5 Å². The molecule has 0 aliphatic carbocycles. The van der Waals surface area contributed by atoms with Crippen LogP contribution in [-0.4, -0.2) is 13.2 Å². The maximum Gasteiger partial charge on any atom is 0.119 e. The smallest absolute Gasteiger partial charge is 0.119 e. The second-order valence-electron chi connectivity index (χ2n) is 5.64. The van der Waals surface area contributed by atoms with Crippen molar-refractivity contribution in [1.29, 1.82) is 0 Å². The molecular weight excluding hydrogens is 357 g/mol. The van der Waals surface area contributed by atoms with Gasteiger partial charge >= 0.3 is 0 Å². The molecule has 0 saturated heterocycles. The van der Waals surface area contributed by atoms with E-state index < -0.39 is 0 Å². The minimum absolute atomic E-state index is 0. The third-order valence-electron chi connectivity index (χ3n) is 3.68. The van der Waals surface area contributed by atoms with E-state index in [0.717, 1.165) is 28.3 Å². The largest absolute Gasteiger partial charge is 0.665 e. The molecule has 0 spiro atoms. The van der Waals surface area contributed by atoms with Crippen LogP contribution in [0.25, 0.3) is 0 Å². The first kappa shape index (κ1) is 20.7. The number of aryl methyl sites for hydroxylation is 2. The van der Waals surface area contributed by atoms with E-state index in [0.29, 0.717) is 13.2 Å². The maximum atomic E-state index is 5.77. The summed E-state index contributed by atoms with van der Waals surface area (Å²) in [5.41, 5.74) is 15.5. The van der Waals surface area contributed by atoms with Crippen molar-refractivity contribution in [3.63, 3.8) is 0 Å². The summed E-state index contributed by atoms with van der Waals surface area (Å²) < 4.78 is 10.8. The minimum atomic E-state index is 0. The number of anilines is 1. The second-order valence-corrected chi connectivity index (χ2v) is 5.64. The molecule has 135 valence electrons. The molecule has 0 bridgehead atoms. The summed E-state index contributed by atoms with van der Waals surface area (Å²) in [5.74, 6) is 1.80. The fourth-order valence-corrected chi connectivity index (χ4v) is 2.17. The molecule has 0 atom stereocenters. The van der Waals surface area contributed by atoms with Gasteiger partial charge in [0.15, 0.2) is 0 Å². The molecule has 2 aromatic carbocycles. The number of hydrogen-bond acceptors (Lipinski definition) is 5. The Kier molecular flexibility index (Phi) is 8.19. The van der Waals surface area contributed by atoms with Gasteiger partial charge in [0.2, 0.25) is 0 Å². The standard InChI is InChI=1S/C19H24N3O2.Mn/c1-13-4-7-17(8-5-13)24-12-15(19(20)21)11-22-16-6-9-18(23-3)14(2)10-16;/h4-10,22H,3,11-12,20-21H2,1-2H3;/q-1;. The van der Waals surface area contributed by atoms with Gasteiger partial charge < -0.3 is 26.3 Å². The Balaban J connectivity index is 0.00000312. The average molecular weight is 381 g/mol. The summed E-state index contributed by atoms with van der Waals surface area (Å²) in [5, 5.41) is 3.29. The van der Waals surface area contributed by atoms with Crippen molar-refractivity contribution in [2.75, 3.05) is 18.5 Å². The first-order valence-corrected chi connectivity index (χ1v) is 7.68. The van der Waals surface area contributed by atoms with Crippen LogP contribution in [0.15, 0.2) is 53.9 Å². The van der Waals surface area contributed by atoms with E-state index in [2.05, 4.69) is 12.4 Å². The Morgan fingerprint density at radius 2 is 1.76 bits per heavy atom. The molecule has 25 heavy (non-hydrogen) atoms. The van der Waals surface area contributed by atoms with E-state index in [-0.39, 0.29) is 22.9 Å². The number of rotatable bonds is 7. The summed E-state index contributed by atoms with van der Waals surface area (Å²) in [6, 6.07) is 13.6. The van der Waals surface area contributed by atoms with Gasteiger partial charge in [0.25, 0.3) is 0 Å². The van der Waals surface area contributed by atoms with Crippen LogP contribution in [0.5, 0.6) is 11.5 Å². The van der Waals surface area contributed by atoms with Gasteiger partial charge in [-0.25, -0.2) is 0 Å². The van der Waals surface area contributed by atoms with Crippen LogP contribution >= 0.6 is 0 Å². The zero-order valence-corrected chi connectivity index (χ0v) is 15.7. The van der Waals surface area contributed by atoms with Crippen LogP contribution in [-0.2, 0) is 17.1 Å². The Morgan fingerprint density at radius 3 is 2.32 bits per heavy atom. The topological polar surface area (TPSA) is 82.5 Å². The number of hydrogen-bond donors (Lipinski definition) is 3. The molecule has 0 aliphatic heterocycles. The van der Waals surface area contributed by atoms with Crippen LogP contribution in [0.2, 0.25) is 0 Å². The molecule has 5 N–H and O–H groups in total. The summed E-state index contributed by atoms with van der Waals surface area (Å²) >= 11 is 0. The van der Waals surface area contributed by atoms with Crippen LogP contribution in [0.3, 0.4) is 0 Å². The predicted octanol–water partition coefficient (Wildman–Crippen LogP) is 3.09. The van der Waals surface area contributed by atoms with Crippen molar-refractivity contribution in [2.45, 2.75) is 13.8 Å². The summed E-state index contributed by atoms with van der Waals surface area (Å²) in [4.78, 5) is 0. The molecular formula is C19H24MnN3O2-. The van der Waals surface area contributed by atoms with Crippen molar-refractivity contribution < 1.29 is 26.5 Å². The molecule has 0 heterocycles. The Labute approximate surface area is 159 Å². The van der Waals surface area contributed by atoms with Gasteiger partial charge in [-0.3, -0.25) is 0 Å². The maximum absolute atomic E-state index is 5.77. The van der Waals surface area contributed by atoms with Crippen LogP contribution in [0.1, 0.15) is 11.1 Å². The number of ether oxygens (including phenoxy) is 2. The molecule has 5 nitrogen and oxygen atoms in total. The molecule has 0 amide bonds. The number of nitrogens with one attached hydrogen (secondary N) is 1. The van der Waals surface area contributed by atoms with Gasteiger partial charge in [0.05, 0.1) is 11.6 Å². The number of nitrogens with two attached hydrogens (primary N) is 2. The Hall–Kier alpha value is -2.30. The Morgan fingerprint density at radius 1 is 1.08 bits per heavy atom. The monoisotopic (exact) mass is 381 g/mol. The SMILES string of the molecule is [CH2-]Oc1ccc(NCC(COc2ccc(C)cc2)=C(N)N)cc1C.[Mn]. The molecule has 0 fully saturated rings. The van der Waals surface area contributed by atoms with Crippen molar-refractivity contribution in [3.05, 3.63) is 72.1 Å². The van der Waals surface area contributed by atoms with Gasteiger partial charge in [-0.15, -0.1) is 0 Å². The first-order chi connectivity index (χ1) is 11.5. The fraction of sp³-hybridized carbons (Fsp3) is 0.211. The minimum Gasteiger partial charge on any atom is -0.665 e. The summed E-state index contributed by atoms with van der Waals surface area (Å²) in [6.07, 6.45) is 0. The van der Waals surface area contributed by atoms with Gasteiger partial charge in [-0.05, 0) is 49.7 Å². The van der Waals surface area contributed by atoms with Gasteiger partial charge in [-0.1, -0.05) is 17.7 Å². The molecule has 6 heteroatoms. The molecule has 0 unspecified atom stereocenters.